The van der Waals surface area contributed by atoms with Crippen LogP contribution in [0.25, 0.3) is 0 Å². The van der Waals surface area contributed by atoms with Gasteiger partial charge in [-0.2, -0.15) is 0 Å². The molecule has 0 aromatic heterocycles. The number of rotatable bonds is 7. The minimum atomic E-state index is 0.172. The molecule has 0 heterocycles. The molecule has 2 aromatic rings. The molecule has 0 saturated carbocycles. The molecule has 3 heteroatoms. The molecule has 0 aliphatic carbocycles. The minimum absolute atomic E-state index is 0.172. The molecule has 0 spiro atoms. The van der Waals surface area contributed by atoms with E-state index in [0.717, 1.165) is 23.6 Å². The molecular formula is C18H23NO2. The Morgan fingerprint density at radius 3 is 2.10 bits per heavy atom. The topological polar surface area (TPSA) is 41.5 Å². The molecule has 2 rings (SSSR count). The van der Waals surface area contributed by atoms with E-state index in [1.54, 1.807) is 0 Å². The first-order valence-corrected chi connectivity index (χ1v) is 7.44. The highest BCUT2D eigenvalue weighted by Gasteiger charge is 2.04. The monoisotopic (exact) mass is 285 g/mol. The predicted molar refractivity (Wildman–Crippen MR) is 85.8 cm³/mol. The standard InChI is InChI=1S/C18H23NO2/c1-3-19-14(2)16-6-10-18(11-7-16)21-17-8-4-15(5-9-17)12-13-20/h4-11,14,19-20H,3,12-13H2,1-2H3. The summed E-state index contributed by atoms with van der Waals surface area (Å²) in [6, 6.07) is 16.3. The van der Waals surface area contributed by atoms with Gasteiger partial charge in [0, 0.05) is 12.6 Å². The molecule has 112 valence electrons. The molecule has 0 bridgehead atoms. The van der Waals surface area contributed by atoms with Crippen LogP contribution in [0.15, 0.2) is 48.5 Å². The highest BCUT2D eigenvalue weighted by Crippen LogP contribution is 2.23. The average molecular weight is 285 g/mol. The molecule has 0 radical (unpaired) electrons. The van der Waals surface area contributed by atoms with E-state index in [-0.39, 0.29) is 6.61 Å². The van der Waals surface area contributed by atoms with Crippen molar-refractivity contribution in [2.24, 2.45) is 0 Å². The number of aliphatic hydroxyl groups excluding tert-OH is 1. The summed E-state index contributed by atoms with van der Waals surface area (Å²) in [5.74, 6) is 1.64. The predicted octanol–water partition coefficient (Wildman–Crippen LogP) is 3.68. The maximum absolute atomic E-state index is 8.90. The number of nitrogens with one attached hydrogen (secondary N) is 1. The summed E-state index contributed by atoms with van der Waals surface area (Å²) in [5.41, 5.74) is 2.36. The van der Waals surface area contributed by atoms with Crippen molar-refractivity contribution >= 4 is 0 Å². The molecule has 0 aliphatic rings. The lowest BCUT2D eigenvalue weighted by Crippen LogP contribution is -2.17. The van der Waals surface area contributed by atoms with Gasteiger partial charge < -0.3 is 15.2 Å². The Balaban J connectivity index is 1.99. The van der Waals surface area contributed by atoms with Crippen molar-refractivity contribution in [3.05, 3.63) is 59.7 Å². The zero-order valence-electron chi connectivity index (χ0n) is 12.7. The molecule has 0 aliphatic heterocycles. The highest BCUT2D eigenvalue weighted by molar-refractivity contribution is 5.35. The van der Waals surface area contributed by atoms with Crippen molar-refractivity contribution in [3.63, 3.8) is 0 Å². The van der Waals surface area contributed by atoms with E-state index >= 15 is 0 Å². The molecule has 3 nitrogen and oxygen atoms in total. The molecule has 0 saturated heterocycles. The lowest BCUT2D eigenvalue weighted by atomic mass is 10.1. The van der Waals surface area contributed by atoms with Crippen molar-refractivity contribution in [2.45, 2.75) is 26.3 Å². The Labute approximate surface area is 126 Å². The second kappa shape index (κ2) is 7.81. The van der Waals surface area contributed by atoms with Crippen LogP contribution in [0.5, 0.6) is 11.5 Å². The van der Waals surface area contributed by atoms with Crippen LogP contribution in [0.4, 0.5) is 0 Å². The van der Waals surface area contributed by atoms with E-state index in [2.05, 4.69) is 31.3 Å². The Bertz CT molecular complexity index is 534. The van der Waals surface area contributed by atoms with Crippen LogP contribution in [-0.2, 0) is 6.42 Å². The average Bonchev–Trinajstić information content (AvgIpc) is 2.50. The fourth-order valence-electron chi connectivity index (χ4n) is 2.24. The molecule has 21 heavy (non-hydrogen) atoms. The van der Waals surface area contributed by atoms with Crippen molar-refractivity contribution in [1.82, 2.24) is 5.32 Å². The van der Waals surface area contributed by atoms with Gasteiger partial charge in [-0.3, -0.25) is 0 Å². The fraction of sp³-hybridized carbons (Fsp3) is 0.333. The molecular weight excluding hydrogens is 262 g/mol. The van der Waals surface area contributed by atoms with E-state index in [1.807, 2.05) is 36.4 Å². The number of benzene rings is 2. The third kappa shape index (κ3) is 4.59. The second-order valence-electron chi connectivity index (χ2n) is 5.07. The summed E-state index contributed by atoms with van der Waals surface area (Å²) in [6.07, 6.45) is 0.678. The molecule has 0 amide bonds. The minimum Gasteiger partial charge on any atom is -0.457 e. The van der Waals surface area contributed by atoms with E-state index < -0.39 is 0 Å². The van der Waals surface area contributed by atoms with Gasteiger partial charge in [-0.15, -0.1) is 0 Å². The van der Waals surface area contributed by atoms with E-state index in [1.165, 1.54) is 5.56 Å². The first kappa shape index (κ1) is 15.5. The van der Waals surface area contributed by atoms with E-state index in [9.17, 15) is 0 Å². The first-order chi connectivity index (χ1) is 10.2. The summed E-state index contributed by atoms with van der Waals surface area (Å²) < 4.78 is 5.82. The normalized spacial score (nSPS) is 12.1. The zero-order valence-corrected chi connectivity index (χ0v) is 12.7. The molecule has 2 N–H and O–H groups in total. The largest absolute Gasteiger partial charge is 0.457 e. The first-order valence-electron chi connectivity index (χ1n) is 7.44. The van der Waals surface area contributed by atoms with Crippen molar-refractivity contribution in [2.75, 3.05) is 13.2 Å². The SMILES string of the molecule is CCNC(C)c1ccc(Oc2ccc(CCO)cc2)cc1. The van der Waals surface area contributed by atoms with Gasteiger partial charge in [-0.25, -0.2) is 0 Å². The van der Waals surface area contributed by atoms with Gasteiger partial charge >= 0.3 is 0 Å². The Kier molecular flexibility index (Phi) is 5.78. The van der Waals surface area contributed by atoms with Crippen LogP contribution in [0.3, 0.4) is 0 Å². The van der Waals surface area contributed by atoms with Crippen molar-refractivity contribution in [1.29, 1.82) is 0 Å². The highest BCUT2D eigenvalue weighted by atomic mass is 16.5. The van der Waals surface area contributed by atoms with Crippen molar-refractivity contribution in [3.8, 4) is 11.5 Å². The van der Waals surface area contributed by atoms with Gasteiger partial charge in [0.2, 0.25) is 0 Å². The fourth-order valence-corrected chi connectivity index (χ4v) is 2.24. The lowest BCUT2D eigenvalue weighted by Gasteiger charge is -2.13. The van der Waals surface area contributed by atoms with Gasteiger partial charge in [-0.05, 0) is 55.3 Å². The third-order valence-electron chi connectivity index (χ3n) is 3.45. The van der Waals surface area contributed by atoms with Gasteiger partial charge in [0.25, 0.3) is 0 Å². The molecule has 0 fully saturated rings. The quantitative estimate of drug-likeness (QED) is 0.815. The summed E-state index contributed by atoms with van der Waals surface area (Å²) in [4.78, 5) is 0. The summed E-state index contributed by atoms with van der Waals surface area (Å²) in [7, 11) is 0. The summed E-state index contributed by atoms with van der Waals surface area (Å²) in [5, 5.41) is 12.3. The number of ether oxygens (including phenoxy) is 1. The third-order valence-corrected chi connectivity index (χ3v) is 3.45. The molecule has 1 unspecified atom stereocenters. The Morgan fingerprint density at radius 1 is 1.00 bits per heavy atom. The van der Waals surface area contributed by atoms with Crippen LogP contribution in [-0.4, -0.2) is 18.3 Å². The van der Waals surface area contributed by atoms with Crippen LogP contribution in [0.1, 0.15) is 31.0 Å². The number of aliphatic hydroxyl groups is 1. The van der Waals surface area contributed by atoms with Gasteiger partial charge in [0.05, 0.1) is 0 Å². The molecule has 2 aromatic carbocycles. The smallest absolute Gasteiger partial charge is 0.127 e. The van der Waals surface area contributed by atoms with Gasteiger partial charge in [0.15, 0.2) is 0 Å². The Hall–Kier alpha value is -1.84. The lowest BCUT2D eigenvalue weighted by molar-refractivity contribution is 0.299. The maximum atomic E-state index is 8.90. The Morgan fingerprint density at radius 2 is 1.57 bits per heavy atom. The molecule has 1 atom stereocenters. The maximum Gasteiger partial charge on any atom is 0.127 e. The van der Waals surface area contributed by atoms with E-state index in [0.29, 0.717) is 12.5 Å². The number of hydrogen-bond donors (Lipinski definition) is 2. The summed E-state index contributed by atoms with van der Waals surface area (Å²) >= 11 is 0. The van der Waals surface area contributed by atoms with Crippen molar-refractivity contribution < 1.29 is 9.84 Å². The van der Waals surface area contributed by atoms with Crippen LogP contribution < -0.4 is 10.1 Å². The number of hydrogen-bond acceptors (Lipinski definition) is 3. The van der Waals surface area contributed by atoms with Gasteiger partial charge in [0.1, 0.15) is 11.5 Å². The second-order valence-corrected chi connectivity index (χ2v) is 5.07. The zero-order chi connectivity index (χ0) is 15.1. The van der Waals surface area contributed by atoms with E-state index in [4.69, 9.17) is 9.84 Å². The van der Waals surface area contributed by atoms with Crippen LogP contribution >= 0.6 is 0 Å². The summed E-state index contributed by atoms with van der Waals surface area (Å²) in [6.45, 7) is 5.39. The van der Waals surface area contributed by atoms with Crippen LogP contribution in [0.2, 0.25) is 0 Å². The van der Waals surface area contributed by atoms with Crippen LogP contribution in [0, 0.1) is 0 Å². The van der Waals surface area contributed by atoms with Gasteiger partial charge in [-0.1, -0.05) is 31.2 Å².